The monoisotopic (exact) mass is 391 g/mol. The highest BCUT2D eigenvalue weighted by molar-refractivity contribution is 5.81. The molecule has 0 aromatic heterocycles. The largest absolute Gasteiger partial charge is 0.356 e. The molecular weight excluding hydrogens is 350 g/mol. The maximum absolute atomic E-state index is 12.7. The molecule has 160 valence electrons. The Labute approximate surface area is 171 Å². The van der Waals surface area contributed by atoms with Crippen molar-refractivity contribution in [1.29, 1.82) is 0 Å². The fourth-order valence-electron chi connectivity index (χ4n) is 5.06. The predicted octanol–water partition coefficient (Wildman–Crippen LogP) is 2.45. The zero-order chi connectivity index (χ0) is 19.8. The van der Waals surface area contributed by atoms with Crippen LogP contribution in [-0.2, 0) is 4.79 Å². The maximum atomic E-state index is 12.7. The summed E-state index contributed by atoms with van der Waals surface area (Å²) in [6.07, 6.45) is 10.8. The van der Waals surface area contributed by atoms with Crippen LogP contribution < -0.4 is 10.6 Å². The second-order valence-electron chi connectivity index (χ2n) is 8.91. The van der Waals surface area contributed by atoms with Gasteiger partial charge in [-0.05, 0) is 64.1 Å². The van der Waals surface area contributed by atoms with E-state index >= 15 is 0 Å². The number of likely N-dealkylation sites (tertiary alicyclic amines) is 2. The number of nitrogens with zero attached hydrogens (tertiary/aromatic N) is 3. The molecule has 1 amide bonds. The summed E-state index contributed by atoms with van der Waals surface area (Å²) < 4.78 is 0. The van der Waals surface area contributed by atoms with Gasteiger partial charge in [0.1, 0.15) is 0 Å². The molecule has 0 spiro atoms. The first-order valence-electron chi connectivity index (χ1n) is 11.7. The average molecular weight is 392 g/mol. The van der Waals surface area contributed by atoms with Crippen LogP contribution in [0.4, 0.5) is 0 Å². The summed E-state index contributed by atoms with van der Waals surface area (Å²) in [6.45, 7) is 8.63. The SMILES string of the molecule is CCN1CCC(CCNC(=NC)NC2CCN(C(=O)C3CCCCC3)C2)CC1. The summed E-state index contributed by atoms with van der Waals surface area (Å²) >= 11 is 0. The molecule has 3 aliphatic rings. The van der Waals surface area contributed by atoms with Crippen molar-refractivity contribution < 1.29 is 4.79 Å². The number of hydrogen-bond donors (Lipinski definition) is 2. The molecule has 1 saturated carbocycles. The van der Waals surface area contributed by atoms with Crippen molar-refractivity contribution in [2.24, 2.45) is 16.8 Å². The van der Waals surface area contributed by atoms with Crippen LogP contribution in [0, 0.1) is 11.8 Å². The Bertz CT molecular complexity index is 509. The van der Waals surface area contributed by atoms with Crippen LogP contribution in [0.5, 0.6) is 0 Å². The molecule has 1 aliphatic carbocycles. The lowest BCUT2D eigenvalue weighted by atomic mass is 9.88. The summed E-state index contributed by atoms with van der Waals surface area (Å²) in [5.74, 6) is 2.40. The molecule has 1 unspecified atom stereocenters. The highest BCUT2D eigenvalue weighted by Crippen LogP contribution is 2.26. The smallest absolute Gasteiger partial charge is 0.225 e. The topological polar surface area (TPSA) is 60.0 Å². The number of carbonyl (C=O) groups excluding carboxylic acids is 1. The zero-order valence-electron chi connectivity index (χ0n) is 18.1. The van der Waals surface area contributed by atoms with Crippen LogP contribution in [0.25, 0.3) is 0 Å². The van der Waals surface area contributed by atoms with Gasteiger partial charge in [0.2, 0.25) is 5.91 Å². The molecule has 2 N–H and O–H groups in total. The number of amides is 1. The van der Waals surface area contributed by atoms with Crippen molar-refractivity contribution in [2.45, 2.75) is 70.8 Å². The second kappa shape index (κ2) is 11.0. The van der Waals surface area contributed by atoms with Gasteiger partial charge in [-0.2, -0.15) is 0 Å². The van der Waals surface area contributed by atoms with E-state index in [1.807, 2.05) is 7.05 Å². The van der Waals surface area contributed by atoms with E-state index in [4.69, 9.17) is 0 Å². The normalized spacial score (nSPS) is 25.9. The molecule has 3 fully saturated rings. The van der Waals surface area contributed by atoms with Crippen LogP contribution in [0.15, 0.2) is 4.99 Å². The standard InChI is InChI=1S/C22H41N5O/c1-3-26-14-10-18(11-15-26)9-13-24-22(23-2)25-20-12-16-27(17-20)21(28)19-7-5-4-6-8-19/h18-20H,3-17H2,1-2H3,(H2,23,24,25). The van der Waals surface area contributed by atoms with Crippen LogP contribution >= 0.6 is 0 Å². The summed E-state index contributed by atoms with van der Waals surface area (Å²) in [5.41, 5.74) is 0. The van der Waals surface area contributed by atoms with Gasteiger partial charge in [-0.3, -0.25) is 9.79 Å². The van der Waals surface area contributed by atoms with Crippen molar-refractivity contribution in [2.75, 3.05) is 46.3 Å². The Morgan fingerprint density at radius 1 is 1.04 bits per heavy atom. The van der Waals surface area contributed by atoms with Crippen LogP contribution in [0.2, 0.25) is 0 Å². The molecule has 0 radical (unpaired) electrons. The number of aliphatic imine (C=N–C) groups is 1. The maximum Gasteiger partial charge on any atom is 0.225 e. The summed E-state index contributed by atoms with van der Waals surface area (Å²) in [4.78, 5) is 21.8. The quantitative estimate of drug-likeness (QED) is 0.539. The molecule has 0 aromatic rings. The highest BCUT2D eigenvalue weighted by Gasteiger charge is 2.31. The Kier molecular flexibility index (Phi) is 8.44. The van der Waals surface area contributed by atoms with Gasteiger partial charge in [-0.15, -0.1) is 0 Å². The molecule has 28 heavy (non-hydrogen) atoms. The van der Waals surface area contributed by atoms with Gasteiger partial charge in [-0.25, -0.2) is 0 Å². The van der Waals surface area contributed by atoms with Crippen molar-refractivity contribution in [3.8, 4) is 0 Å². The summed E-state index contributed by atoms with van der Waals surface area (Å²) in [5, 5.41) is 7.04. The molecule has 3 rings (SSSR count). The molecule has 1 atom stereocenters. The van der Waals surface area contributed by atoms with E-state index in [2.05, 4.69) is 32.3 Å². The molecule has 2 aliphatic heterocycles. The van der Waals surface area contributed by atoms with Gasteiger partial charge < -0.3 is 20.4 Å². The Hall–Kier alpha value is -1.30. The third-order valence-electron chi connectivity index (χ3n) is 7.02. The number of hydrogen-bond acceptors (Lipinski definition) is 3. The number of nitrogens with one attached hydrogen (secondary N) is 2. The predicted molar refractivity (Wildman–Crippen MR) is 116 cm³/mol. The minimum Gasteiger partial charge on any atom is -0.356 e. The molecule has 6 nitrogen and oxygen atoms in total. The molecule has 2 saturated heterocycles. The molecule has 0 bridgehead atoms. The van der Waals surface area contributed by atoms with Crippen LogP contribution in [0.3, 0.4) is 0 Å². The molecule has 2 heterocycles. The fraction of sp³-hybridized carbons (Fsp3) is 0.909. The van der Waals surface area contributed by atoms with E-state index in [1.54, 1.807) is 0 Å². The molecule has 0 aromatic carbocycles. The molecule has 6 heteroatoms. The van der Waals surface area contributed by atoms with Crippen molar-refractivity contribution in [3.63, 3.8) is 0 Å². The number of carbonyl (C=O) groups is 1. The van der Waals surface area contributed by atoms with E-state index < -0.39 is 0 Å². The molecular formula is C22H41N5O. The van der Waals surface area contributed by atoms with Gasteiger partial charge in [0.15, 0.2) is 5.96 Å². The minimum absolute atomic E-state index is 0.282. The van der Waals surface area contributed by atoms with Gasteiger partial charge >= 0.3 is 0 Å². The lowest BCUT2D eigenvalue weighted by Gasteiger charge is -2.31. The highest BCUT2D eigenvalue weighted by atomic mass is 16.2. The Morgan fingerprint density at radius 2 is 1.79 bits per heavy atom. The number of rotatable bonds is 6. The summed E-state index contributed by atoms with van der Waals surface area (Å²) in [7, 11) is 1.84. The van der Waals surface area contributed by atoms with Crippen LogP contribution in [0.1, 0.15) is 64.7 Å². The van der Waals surface area contributed by atoms with Crippen LogP contribution in [-0.4, -0.2) is 74.0 Å². The van der Waals surface area contributed by atoms with E-state index in [0.29, 0.717) is 11.9 Å². The van der Waals surface area contributed by atoms with Gasteiger partial charge in [0.05, 0.1) is 0 Å². The Morgan fingerprint density at radius 3 is 2.46 bits per heavy atom. The minimum atomic E-state index is 0.282. The van der Waals surface area contributed by atoms with Gasteiger partial charge in [0, 0.05) is 38.6 Å². The van der Waals surface area contributed by atoms with Crippen molar-refractivity contribution in [3.05, 3.63) is 0 Å². The fourth-order valence-corrected chi connectivity index (χ4v) is 5.06. The van der Waals surface area contributed by atoms with Gasteiger partial charge in [0.25, 0.3) is 0 Å². The zero-order valence-corrected chi connectivity index (χ0v) is 18.1. The van der Waals surface area contributed by atoms with Gasteiger partial charge in [-0.1, -0.05) is 26.2 Å². The average Bonchev–Trinajstić information content (AvgIpc) is 3.22. The second-order valence-corrected chi connectivity index (χ2v) is 8.91. The Balaban J connectivity index is 1.34. The first-order valence-corrected chi connectivity index (χ1v) is 11.7. The first kappa shape index (κ1) is 21.4. The van der Waals surface area contributed by atoms with E-state index in [-0.39, 0.29) is 5.92 Å². The third kappa shape index (κ3) is 6.10. The van der Waals surface area contributed by atoms with E-state index in [9.17, 15) is 4.79 Å². The number of guanidine groups is 1. The lowest BCUT2D eigenvalue weighted by Crippen LogP contribution is -2.46. The van der Waals surface area contributed by atoms with E-state index in [0.717, 1.165) is 50.8 Å². The first-order chi connectivity index (χ1) is 13.7. The third-order valence-corrected chi connectivity index (χ3v) is 7.02. The summed E-state index contributed by atoms with van der Waals surface area (Å²) in [6, 6.07) is 0.325. The van der Waals surface area contributed by atoms with E-state index in [1.165, 1.54) is 58.2 Å². The number of piperidine rings is 1. The van der Waals surface area contributed by atoms with Crippen molar-refractivity contribution in [1.82, 2.24) is 20.4 Å². The van der Waals surface area contributed by atoms with Crippen molar-refractivity contribution >= 4 is 11.9 Å². The lowest BCUT2D eigenvalue weighted by molar-refractivity contribution is -0.135.